The summed E-state index contributed by atoms with van der Waals surface area (Å²) in [5, 5.41) is 20.7. The summed E-state index contributed by atoms with van der Waals surface area (Å²) in [4.78, 5) is 26.1. The highest BCUT2D eigenvalue weighted by Crippen LogP contribution is 2.27. The fourth-order valence-corrected chi connectivity index (χ4v) is 4.66. The summed E-state index contributed by atoms with van der Waals surface area (Å²) in [6, 6.07) is 30.2. The summed E-state index contributed by atoms with van der Waals surface area (Å²) >= 11 is 0. The lowest BCUT2D eigenvalue weighted by Crippen LogP contribution is -2.39. The first-order valence-electron chi connectivity index (χ1n) is 14.6. The summed E-state index contributed by atoms with van der Waals surface area (Å²) in [6.07, 6.45) is -0.748. The number of amides is 1. The molecule has 0 spiro atoms. The standard InChI is InChI=1S/C35H39N3O7/c36-30(20-27-15-16-31(40)29(19-27)34(37)41)35(42)43-18-17-38(21-25-9-3-1-4-10-25)22-28(39)24-45-33-14-8-7-13-32(33)44-23-26-11-5-2-6-12-26/h1-16,19,28,30,39-40H,17-18,20-24,36H2,(H2,37,41)/t28?,30-/m0/s1. The van der Waals surface area contributed by atoms with E-state index in [-0.39, 0.29) is 37.5 Å². The zero-order valence-corrected chi connectivity index (χ0v) is 25.0. The highest BCUT2D eigenvalue weighted by Gasteiger charge is 2.19. The number of aromatic hydroxyl groups is 1. The number of nitrogens with two attached hydrogens (primary N) is 2. The zero-order chi connectivity index (χ0) is 32.0. The largest absolute Gasteiger partial charge is 0.507 e. The molecule has 0 aliphatic heterocycles. The molecule has 0 heterocycles. The van der Waals surface area contributed by atoms with Crippen LogP contribution >= 0.6 is 0 Å². The quantitative estimate of drug-likeness (QED) is 0.131. The lowest BCUT2D eigenvalue weighted by Gasteiger charge is -2.25. The van der Waals surface area contributed by atoms with Crippen LogP contribution in [0.1, 0.15) is 27.0 Å². The van der Waals surface area contributed by atoms with Crippen molar-refractivity contribution in [3.63, 3.8) is 0 Å². The van der Waals surface area contributed by atoms with Crippen molar-refractivity contribution in [1.82, 2.24) is 4.90 Å². The third-order valence-electron chi connectivity index (χ3n) is 6.97. The van der Waals surface area contributed by atoms with Crippen LogP contribution in [0.25, 0.3) is 0 Å². The van der Waals surface area contributed by atoms with Crippen LogP contribution in [-0.2, 0) is 29.1 Å². The van der Waals surface area contributed by atoms with Gasteiger partial charge in [-0.3, -0.25) is 14.5 Å². The summed E-state index contributed by atoms with van der Waals surface area (Å²) in [5.41, 5.74) is 13.9. The normalized spacial score (nSPS) is 12.3. The maximum Gasteiger partial charge on any atom is 0.323 e. The van der Waals surface area contributed by atoms with Crippen LogP contribution in [0.4, 0.5) is 0 Å². The van der Waals surface area contributed by atoms with Gasteiger partial charge in [0.15, 0.2) is 11.5 Å². The highest BCUT2D eigenvalue weighted by molar-refractivity contribution is 5.95. The molecular formula is C35H39N3O7. The molecule has 1 amide bonds. The molecule has 0 fully saturated rings. The summed E-state index contributed by atoms with van der Waals surface area (Å²) in [6.45, 7) is 1.58. The Kier molecular flexibility index (Phi) is 12.3. The summed E-state index contributed by atoms with van der Waals surface area (Å²) in [5.74, 6) is -0.525. The van der Waals surface area contributed by atoms with Crippen molar-refractivity contribution < 1.29 is 34.0 Å². The van der Waals surface area contributed by atoms with Crippen molar-refractivity contribution in [2.24, 2.45) is 11.5 Å². The molecule has 1 unspecified atom stereocenters. The molecule has 0 aliphatic rings. The molecule has 4 aromatic carbocycles. The Morgan fingerprint density at radius 1 is 0.800 bits per heavy atom. The average Bonchev–Trinajstić information content (AvgIpc) is 3.04. The van der Waals surface area contributed by atoms with Crippen LogP contribution in [0.2, 0.25) is 0 Å². The number of phenols is 1. The van der Waals surface area contributed by atoms with E-state index in [1.54, 1.807) is 12.1 Å². The zero-order valence-electron chi connectivity index (χ0n) is 25.0. The number of carbonyl (C=O) groups excluding carboxylic acids is 2. The van der Waals surface area contributed by atoms with Crippen molar-refractivity contribution in [2.45, 2.75) is 31.7 Å². The number of rotatable bonds is 17. The van der Waals surface area contributed by atoms with E-state index in [0.29, 0.717) is 36.8 Å². The third-order valence-corrected chi connectivity index (χ3v) is 6.97. The van der Waals surface area contributed by atoms with Gasteiger partial charge in [-0.2, -0.15) is 0 Å². The number of benzene rings is 4. The molecule has 0 aliphatic carbocycles. The summed E-state index contributed by atoms with van der Waals surface area (Å²) < 4.78 is 17.4. The minimum absolute atomic E-state index is 0.0293. The van der Waals surface area contributed by atoms with Gasteiger partial charge in [-0.25, -0.2) is 0 Å². The van der Waals surface area contributed by atoms with Crippen LogP contribution in [0.5, 0.6) is 17.2 Å². The van der Waals surface area contributed by atoms with E-state index in [1.165, 1.54) is 12.1 Å². The maximum atomic E-state index is 12.6. The van der Waals surface area contributed by atoms with Gasteiger partial charge in [0.2, 0.25) is 0 Å². The van der Waals surface area contributed by atoms with Gasteiger partial charge in [-0.15, -0.1) is 0 Å². The number of carbonyl (C=O) groups is 2. The highest BCUT2D eigenvalue weighted by atomic mass is 16.5. The Bertz CT molecular complexity index is 1520. The van der Waals surface area contributed by atoms with Gasteiger partial charge >= 0.3 is 5.97 Å². The van der Waals surface area contributed by atoms with Crippen LogP contribution in [0.15, 0.2) is 103 Å². The molecule has 0 aromatic heterocycles. The predicted octanol–water partition coefficient (Wildman–Crippen LogP) is 3.43. The Morgan fingerprint density at radius 2 is 1.42 bits per heavy atom. The number of hydrogen-bond acceptors (Lipinski definition) is 9. The van der Waals surface area contributed by atoms with Crippen molar-refractivity contribution in [3.8, 4) is 17.2 Å². The van der Waals surface area contributed by atoms with E-state index in [1.807, 2.05) is 83.8 Å². The monoisotopic (exact) mass is 613 g/mol. The second kappa shape index (κ2) is 16.8. The number of aliphatic hydroxyl groups is 1. The van der Waals surface area contributed by atoms with E-state index in [0.717, 1.165) is 11.1 Å². The predicted molar refractivity (Wildman–Crippen MR) is 170 cm³/mol. The third kappa shape index (κ3) is 10.6. The average molecular weight is 614 g/mol. The molecule has 0 saturated carbocycles. The van der Waals surface area contributed by atoms with Crippen LogP contribution in [0, 0.1) is 0 Å². The van der Waals surface area contributed by atoms with Crippen LogP contribution < -0.4 is 20.9 Å². The van der Waals surface area contributed by atoms with Crippen molar-refractivity contribution in [1.29, 1.82) is 0 Å². The molecule has 4 rings (SSSR count). The molecule has 0 bridgehead atoms. The smallest absolute Gasteiger partial charge is 0.323 e. The lowest BCUT2D eigenvalue weighted by molar-refractivity contribution is -0.145. The Balaban J connectivity index is 1.30. The Hall–Kier alpha value is -4.90. The molecule has 0 radical (unpaired) electrons. The first kappa shape index (κ1) is 33.0. The second-order valence-electron chi connectivity index (χ2n) is 10.6. The lowest BCUT2D eigenvalue weighted by atomic mass is 10.0. The van der Waals surface area contributed by atoms with E-state index < -0.39 is 24.0 Å². The van der Waals surface area contributed by atoms with Gasteiger partial charge in [-0.05, 0) is 47.4 Å². The van der Waals surface area contributed by atoms with Gasteiger partial charge in [0, 0.05) is 19.6 Å². The maximum absolute atomic E-state index is 12.6. The second-order valence-corrected chi connectivity index (χ2v) is 10.6. The number of esters is 1. The molecule has 10 heteroatoms. The van der Waals surface area contributed by atoms with Gasteiger partial charge in [0.05, 0.1) is 5.56 Å². The molecule has 2 atom stereocenters. The molecule has 6 N–H and O–H groups in total. The minimum atomic E-state index is -0.985. The van der Waals surface area contributed by atoms with Gasteiger partial charge in [-0.1, -0.05) is 78.9 Å². The first-order chi connectivity index (χ1) is 21.8. The fourth-order valence-electron chi connectivity index (χ4n) is 4.66. The van der Waals surface area contributed by atoms with Crippen molar-refractivity contribution in [3.05, 3.63) is 125 Å². The van der Waals surface area contributed by atoms with Gasteiger partial charge in [0.1, 0.15) is 37.7 Å². The molecule has 4 aromatic rings. The number of aliphatic hydroxyl groups excluding tert-OH is 1. The number of nitrogens with zero attached hydrogens (tertiary/aromatic N) is 1. The topological polar surface area (TPSA) is 158 Å². The fraction of sp³-hybridized carbons (Fsp3) is 0.257. The van der Waals surface area contributed by atoms with E-state index >= 15 is 0 Å². The Labute approximate surface area is 262 Å². The molecule has 45 heavy (non-hydrogen) atoms. The molecular weight excluding hydrogens is 574 g/mol. The molecule has 0 saturated heterocycles. The van der Waals surface area contributed by atoms with Crippen molar-refractivity contribution in [2.75, 3.05) is 26.3 Å². The number of primary amides is 1. The number of para-hydroxylation sites is 2. The number of hydrogen-bond donors (Lipinski definition) is 4. The van der Waals surface area contributed by atoms with E-state index in [4.69, 9.17) is 25.7 Å². The summed E-state index contributed by atoms with van der Waals surface area (Å²) in [7, 11) is 0. The first-order valence-corrected chi connectivity index (χ1v) is 14.6. The molecule has 10 nitrogen and oxygen atoms in total. The minimum Gasteiger partial charge on any atom is -0.507 e. The number of ether oxygens (including phenoxy) is 3. The van der Waals surface area contributed by atoms with Crippen LogP contribution in [-0.4, -0.2) is 65.4 Å². The van der Waals surface area contributed by atoms with Gasteiger partial charge < -0.3 is 35.9 Å². The Morgan fingerprint density at radius 3 is 2.09 bits per heavy atom. The van der Waals surface area contributed by atoms with Crippen LogP contribution in [0.3, 0.4) is 0 Å². The van der Waals surface area contributed by atoms with E-state index in [9.17, 15) is 19.8 Å². The van der Waals surface area contributed by atoms with Gasteiger partial charge in [0.25, 0.3) is 5.91 Å². The van der Waals surface area contributed by atoms with E-state index in [2.05, 4.69) is 0 Å². The SMILES string of the molecule is NC(=O)c1cc(C[C@H](N)C(=O)OCCN(Cc2ccccc2)CC(O)COc2ccccc2OCc2ccccc2)ccc1O. The molecule has 236 valence electrons. The van der Waals surface area contributed by atoms with Crippen molar-refractivity contribution >= 4 is 11.9 Å².